The fourth-order valence-electron chi connectivity index (χ4n) is 2.24. The first-order valence-electron chi connectivity index (χ1n) is 6.48. The highest BCUT2D eigenvalue weighted by Crippen LogP contribution is 2.27. The third kappa shape index (κ3) is 2.63. The van der Waals surface area contributed by atoms with Crippen molar-refractivity contribution in [3.05, 3.63) is 46.7 Å². The molecule has 0 spiro atoms. The molecule has 0 N–H and O–H groups in total. The molecule has 0 aliphatic rings. The Hall–Kier alpha value is -1.59. The number of halogens is 2. The van der Waals surface area contributed by atoms with Gasteiger partial charge in [-0.15, -0.1) is 11.6 Å². The Labute approximate surface area is 135 Å². The smallest absolute Gasteiger partial charge is 0.215 e. The first kappa shape index (κ1) is 14.4. The monoisotopic (exact) mass is 365 g/mol. The fraction of sp³-hybridized carbons (Fsp3) is 0.200. The molecular weight excluding hydrogens is 354 g/mol. The van der Waals surface area contributed by atoms with Crippen LogP contribution in [0.25, 0.3) is 16.9 Å². The molecule has 0 atom stereocenters. The first-order chi connectivity index (χ1) is 10.2. The number of para-hydroxylation sites is 1. The summed E-state index contributed by atoms with van der Waals surface area (Å²) in [5.74, 6) is 1.95. The van der Waals surface area contributed by atoms with E-state index >= 15 is 0 Å². The van der Waals surface area contributed by atoms with Gasteiger partial charge in [0.1, 0.15) is 11.3 Å². The summed E-state index contributed by atoms with van der Waals surface area (Å²) in [5.41, 5.74) is 2.58. The largest absolute Gasteiger partial charge is 0.481 e. The number of benzene rings is 1. The van der Waals surface area contributed by atoms with Gasteiger partial charge in [0.05, 0.1) is 12.8 Å². The number of alkyl halides is 1. The highest BCUT2D eigenvalue weighted by atomic mass is 79.9. The lowest BCUT2D eigenvalue weighted by Crippen LogP contribution is -2.04. The number of rotatable bonds is 4. The number of aromatic nitrogens is 3. The molecule has 0 radical (unpaired) electrons. The number of aryl methyl sites for hydroxylation is 1. The van der Waals surface area contributed by atoms with Gasteiger partial charge in [-0.05, 0) is 34.1 Å². The number of pyridine rings is 1. The maximum Gasteiger partial charge on any atom is 0.215 e. The Bertz CT molecular complexity index is 788. The third-order valence-corrected chi connectivity index (χ3v) is 4.03. The average Bonchev–Trinajstić information content (AvgIpc) is 2.85. The predicted octanol–water partition coefficient (Wildman–Crippen LogP) is 3.97. The number of fused-ring (bicyclic) bond motifs is 1. The summed E-state index contributed by atoms with van der Waals surface area (Å²) >= 11 is 9.49. The average molecular weight is 367 g/mol. The van der Waals surface area contributed by atoms with Crippen LogP contribution in [-0.2, 0) is 6.42 Å². The Kier molecular flexibility index (Phi) is 4.12. The molecule has 0 unspecified atom stereocenters. The quantitative estimate of drug-likeness (QED) is 0.656. The summed E-state index contributed by atoms with van der Waals surface area (Å²) in [7, 11) is 1.60. The second-order valence-corrected chi connectivity index (χ2v) is 5.68. The SMILES string of the molecule is COc1ccc2nc(CCCl)n(-c3ccccc3Br)c2n1. The van der Waals surface area contributed by atoms with E-state index in [0.717, 1.165) is 27.1 Å². The van der Waals surface area contributed by atoms with Gasteiger partial charge in [-0.2, -0.15) is 4.98 Å². The zero-order valence-corrected chi connectivity index (χ0v) is 13.7. The molecule has 0 fully saturated rings. The van der Waals surface area contributed by atoms with Gasteiger partial charge < -0.3 is 4.74 Å². The maximum absolute atomic E-state index is 5.91. The lowest BCUT2D eigenvalue weighted by molar-refractivity contribution is 0.399. The lowest BCUT2D eigenvalue weighted by atomic mass is 10.3. The molecule has 6 heteroatoms. The van der Waals surface area contributed by atoms with Crippen LogP contribution in [0.3, 0.4) is 0 Å². The van der Waals surface area contributed by atoms with Crippen LogP contribution in [0.5, 0.6) is 5.88 Å². The summed E-state index contributed by atoms with van der Waals surface area (Å²) in [6, 6.07) is 11.7. The number of ether oxygens (including phenoxy) is 1. The summed E-state index contributed by atoms with van der Waals surface area (Å²) < 4.78 is 8.22. The van der Waals surface area contributed by atoms with Gasteiger partial charge >= 0.3 is 0 Å². The van der Waals surface area contributed by atoms with E-state index in [1.165, 1.54) is 0 Å². The molecule has 3 aromatic rings. The van der Waals surface area contributed by atoms with Crippen molar-refractivity contribution >= 4 is 38.7 Å². The zero-order chi connectivity index (χ0) is 14.8. The molecular formula is C15H13BrClN3O. The molecule has 0 aliphatic heterocycles. The van der Waals surface area contributed by atoms with Gasteiger partial charge in [0.25, 0.3) is 0 Å². The predicted molar refractivity (Wildman–Crippen MR) is 87.5 cm³/mol. The van der Waals surface area contributed by atoms with Crippen LogP contribution in [0.1, 0.15) is 5.82 Å². The van der Waals surface area contributed by atoms with Crippen LogP contribution in [-0.4, -0.2) is 27.5 Å². The normalized spacial score (nSPS) is 11.0. The minimum Gasteiger partial charge on any atom is -0.481 e. The summed E-state index contributed by atoms with van der Waals surface area (Å²) in [6.07, 6.45) is 0.668. The Morgan fingerprint density at radius 1 is 1.19 bits per heavy atom. The van der Waals surface area contributed by atoms with Crippen molar-refractivity contribution < 1.29 is 4.74 Å². The van der Waals surface area contributed by atoms with E-state index in [1.54, 1.807) is 7.11 Å². The number of methoxy groups -OCH3 is 1. The van der Waals surface area contributed by atoms with Gasteiger partial charge in [-0.25, -0.2) is 4.98 Å². The van der Waals surface area contributed by atoms with Gasteiger partial charge in [-0.1, -0.05) is 12.1 Å². The van der Waals surface area contributed by atoms with E-state index in [9.17, 15) is 0 Å². The summed E-state index contributed by atoms with van der Waals surface area (Å²) in [4.78, 5) is 9.16. The summed E-state index contributed by atoms with van der Waals surface area (Å²) in [6.45, 7) is 0. The van der Waals surface area contributed by atoms with Gasteiger partial charge in [-0.3, -0.25) is 4.57 Å². The van der Waals surface area contributed by atoms with Crippen molar-refractivity contribution in [2.45, 2.75) is 6.42 Å². The molecule has 0 saturated heterocycles. The number of imidazole rings is 1. The molecule has 3 rings (SSSR count). The van der Waals surface area contributed by atoms with Crippen molar-refractivity contribution in [1.29, 1.82) is 0 Å². The third-order valence-electron chi connectivity index (χ3n) is 3.17. The molecule has 4 nitrogen and oxygen atoms in total. The molecule has 0 saturated carbocycles. The van der Waals surface area contributed by atoms with Crippen LogP contribution in [0, 0.1) is 0 Å². The number of nitrogens with zero attached hydrogens (tertiary/aromatic N) is 3. The molecule has 0 bridgehead atoms. The van der Waals surface area contributed by atoms with Gasteiger partial charge in [0, 0.05) is 22.8 Å². The van der Waals surface area contributed by atoms with E-state index in [2.05, 4.69) is 25.9 Å². The Morgan fingerprint density at radius 3 is 2.71 bits per heavy atom. The first-order valence-corrected chi connectivity index (χ1v) is 7.80. The topological polar surface area (TPSA) is 39.9 Å². The fourth-order valence-corrected chi connectivity index (χ4v) is 2.87. The van der Waals surface area contributed by atoms with Gasteiger partial charge in [0.2, 0.25) is 5.88 Å². The molecule has 1 aromatic carbocycles. The lowest BCUT2D eigenvalue weighted by Gasteiger charge is -2.10. The maximum atomic E-state index is 5.91. The standard InChI is InChI=1S/C15H13BrClN3O/c1-21-14-7-6-11-15(19-14)20(13(18-11)8-9-17)12-5-3-2-4-10(12)16/h2-7H,8-9H2,1H3. The second-order valence-electron chi connectivity index (χ2n) is 4.45. The van der Waals surface area contributed by atoms with Crippen molar-refractivity contribution in [3.8, 4) is 11.6 Å². The van der Waals surface area contributed by atoms with E-state index < -0.39 is 0 Å². The van der Waals surface area contributed by atoms with Crippen molar-refractivity contribution in [2.75, 3.05) is 13.0 Å². The molecule has 108 valence electrons. The van der Waals surface area contributed by atoms with Crippen LogP contribution in [0.15, 0.2) is 40.9 Å². The van der Waals surface area contributed by atoms with Gasteiger partial charge in [0.15, 0.2) is 5.65 Å². The Balaban J connectivity index is 2.31. The Morgan fingerprint density at radius 2 is 2.00 bits per heavy atom. The van der Waals surface area contributed by atoms with E-state index in [1.807, 2.05) is 41.0 Å². The van der Waals surface area contributed by atoms with Crippen LogP contribution in [0.4, 0.5) is 0 Å². The van der Waals surface area contributed by atoms with E-state index in [0.29, 0.717) is 18.2 Å². The zero-order valence-electron chi connectivity index (χ0n) is 11.4. The van der Waals surface area contributed by atoms with Crippen LogP contribution in [0.2, 0.25) is 0 Å². The van der Waals surface area contributed by atoms with E-state index in [-0.39, 0.29) is 0 Å². The molecule has 0 amide bonds. The molecule has 21 heavy (non-hydrogen) atoms. The molecule has 2 aromatic heterocycles. The second kappa shape index (κ2) is 6.03. The number of hydrogen-bond acceptors (Lipinski definition) is 3. The highest BCUT2D eigenvalue weighted by Gasteiger charge is 2.15. The van der Waals surface area contributed by atoms with Crippen molar-refractivity contribution in [1.82, 2.24) is 14.5 Å². The summed E-state index contributed by atoms with van der Waals surface area (Å²) in [5, 5.41) is 0. The van der Waals surface area contributed by atoms with Crippen molar-refractivity contribution in [2.24, 2.45) is 0 Å². The number of hydrogen-bond donors (Lipinski definition) is 0. The van der Waals surface area contributed by atoms with Crippen LogP contribution >= 0.6 is 27.5 Å². The van der Waals surface area contributed by atoms with Crippen molar-refractivity contribution in [3.63, 3.8) is 0 Å². The highest BCUT2D eigenvalue weighted by molar-refractivity contribution is 9.10. The minimum atomic E-state index is 0.505. The molecule has 2 heterocycles. The van der Waals surface area contributed by atoms with E-state index in [4.69, 9.17) is 16.3 Å². The van der Waals surface area contributed by atoms with Crippen LogP contribution < -0.4 is 4.74 Å². The molecule has 0 aliphatic carbocycles. The minimum absolute atomic E-state index is 0.505.